The van der Waals surface area contributed by atoms with Crippen LogP contribution in [0, 0.1) is 0 Å². The minimum absolute atomic E-state index is 0.235. The van der Waals surface area contributed by atoms with E-state index in [2.05, 4.69) is 22.9 Å². The molecule has 0 fully saturated rings. The van der Waals surface area contributed by atoms with Crippen LogP contribution in [0.2, 0.25) is 0 Å². The summed E-state index contributed by atoms with van der Waals surface area (Å²) in [7, 11) is 1.09. The van der Waals surface area contributed by atoms with Gasteiger partial charge in [-0.1, -0.05) is 12.1 Å². The number of hydrogen-bond acceptors (Lipinski definition) is 3. The third kappa shape index (κ3) is 6.16. The van der Waals surface area contributed by atoms with Crippen LogP contribution >= 0.6 is 0 Å². The highest BCUT2D eigenvalue weighted by Gasteiger charge is 2.05. The van der Waals surface area contributed by atoms with Crippen LogP contribution in [-0.4, -0.2) is 35.8 Å². The van der Waals surface area contributed by atoms with Gasteiger partial charge in [0.15, 0.2) is 0 Å². The molecule has 5 nitrogen and oxygen atoms in total. The molecular formula is C14H23N3O2S. The predicted molar refractivity (Wildman–Crippen MR) is 84.5 cm³/mol. The van der Waals surface area contributed by atoms with Gasteiger partial charge in [0.1, 0.15) is 0 Å². The minimum Gasteiger partial charge on any atom is -0.338 e. The highest BCUT2D eigenvalue weighted by atomic mass is 32.2. The molecule has 0 aliphatic rings. The van der Waals surface area contributed by atoms with Crippen LogP contribution in [0.5, 0.6) is 0 Å². The van der Waals surface area contributed by atoms with Crippen LogP contribution in [0.15, 0.2) is 24.3 Å². The van der Waals surface area contributed by atoms with Crippen molar-refractivity contribution < 1.29 is 9.00 Å². The number of amides is 2. The Hall–Kier alpha value is -1.40. The molecule has 2 amide bonds. The summed E-state index contributed by atoms with van der Waals surface area (Å²) in [4.78, 5) is 11.7. The first-order valence-corrected chi connectivity index (χ1v) is 8.37. The Kier molecular flexibility index (Phi) is 7.25. The molecule has 0 bridgehead atoms. The molecule has 0 saturated carbocycles. The molecule has 0 heterocycles. The third-order valence-corrected chi connectivity index (χ3v) is 3.84. The maximum atomic E-state index is 11.7. The summed E-state index contributed by atoms with van der Waals surface area (Å²) in [6.07, 6.45) is 2.38. The molecule has 1 aromatic carbocycles. The summed E-state index contributed by atoms with van der Waals surface area (Å²) in [5.41, 5.74) is 1.88. The Balaban J connectivity index is 2.43. The summed E-state index contributed by atoms with van der Waals surface area (Å²) < 4.78 is 10.9. The van der Waals surface area contributed by atoms with Crippen molar-refractivity contribution in [3.63, 3.8) is 0 Å². The molecule has 1 aromatic rings. The molecule has 0 aliphatic carbocycles. The van der Waals surface area contributed by atoms with E-state index in [0.29, 0.717) is 18.7 Å². The van der Waals surface area contributed by atoms with E-state index in [1.54, 1.807) is 6.26 Å². The first-order chi connectivity index (χ1) is 9.52. The van der Waals surface area contributed by atoms with Gasteiger partial charge in [0, 0.05) is 41.1 Å². The monoisotopic (exact) mass is 297 g/mol. The first-order valence-electron chi connectivity index (χ1n) is 6.65. The smallest absolute Gasteiger partial charge is 0.319 e. The lowest BCUT2D eigenvalue weighted by molar-refractivity contribution is 0.252. The van der Waals surface area contributed by atoms with Gasteiger partial charge < -0.3 is 16.0 Å². The maximum absolute atomic E-state index is 11.7. The van der Waals surface area contributed by atoms with Gasteiger partial charge in [-0.15, -0.1) is 0 Å². The second-order valence-electron chi connectivity index (χ2n) is 4.65. The normalized spacial score (nSPS) is 13.6. The zero-order chi connectivity index (χ0) is 15.0. The number of hydrogen-bond donors (Lipinski definition) is 3. The summed E-state index contributed by atoms with van der Waals surface area (Å²) in [6, 6.07) is 7.73. The van der Waals surface area contributed by atoms with Crippen molar-refractivity contribution in [3.8, 4) is 0 Å². The fraction of sp³-hybridized carbons (Fsp3) is 0.500. The van der Waals surface area contributed by atoms with Crippen LogP contribution in [0.4, 0.5) is 10.5 Å². The van der Waals surface area contributed by atoms with Crippen LogP contribution < -0.4 is 16.0 Å². The molecule has 2 atom stereocenters. The highest BCUT2D eigenvalue weighted by molar-refractivity contribution is 7.84. The Labute approximate surface area is 123 Å². The average Bonchev–Trinajstić information content (AvgIpc) is 2.43. The highest BCUT2D eigenvalue weighted by Crippen LogP contribution is 2.16. The topological polar surface area (TPSA) is 70.2 Å². The lowest BCUT2D eigenvalue weighted by atomic mass is 10.1. The van der Waals surface area contributed by atoms with E-state index < -0.39 is 10.8 Å². The van der Waals surface area contributed by atoms with Crippen LogP contribution in [0.25, 0.3) is 0 Å². The van der Waals surface area contributed by atoms with Crippen LogP contribution in [0.1, 0.15) is 24.9 Å². The van der Waals surface area contributed by atoms with Gasteiger partial charge in [-0.05, 0) is 38.1 Å². The van der Waals surface area contributed by atoms with Gasteiger partial charge in [0.05, 0.1) is 0 Å². The standard InChI is InChI=1S/C14H23N3O2S/c1-11(15-2)12-6-4-7-13(10-12)17-14(18)16-8-5-9-20(3)19/h4,6-7,10-11,15H,5,8-9H2,1-3H3,(H2,16,17,18). The van der Waals surface area contributed by atoms with Crippen molar-refractivity contribution in [3.05, 3.63) is 29.8 Å². The first kappa shape index (κ1) is 16.7. The lowest BCUT2D eigenvalue weighted by Crippen LogP contribution is -2.30. The van der Waals surface area contributed by atoms with E-state index in [0.717, 1.165) is 11.3 Å². The van der Waals surface area contributed by atoms with Crippen molar-refractivity contribution in [2.24, 2.45) is 0 Å². The van der Waals surface area contributed by atoms with Gasteiger partial charge >= 0.3 is 6.03 Å². The number of rotatable bonds is 7. The molecule has 0 spiro atoms. The molecule has 0 saturated heterocycles. The van der Waals surface area contributed by atoms with E-state index in [4.69, 9.17) is 0 Å². The summed E-state index contributed by atoms with van der Waals surface area (Å²) in [5.74, 6) is 0.607. The Bertz CT molecular complexity index is 465. The number of carbonyl (C=O) groups excluding carboxylic acids is 1. The molecule has 112 valence electrons. The predicted octanol–water partition coefficient (Wildman–Crippen LogP) is 1.86. The van der Waals surface area contributed by atoms with Crippen LogP contribution in [0.3, 0.4) is 0 Å². The largest absolute Gasteiger partial charge is 0.338 e. The second kappa shape index (κ2) is 8.71. The SMILES string of the molecule is CNC(C)c1cccc(NC(=O)NCCCS(C)=O)c1. The van der Waals surface area contributed by atoms with Crippen molar-refractivity contribution >= 4 is 22.5 Å². The zero-order valence-corrected chi connectivity index (χ0v) is 13.0. The van der Waals surface area contributed by atoms with E-state index in [1.807, 2.05) is 31.3 Å². The fourth-order valence-corrected chi connectivity index (χ4v) is 2.26. The van der Waals surface area contributed by atoms with Crippen molar-refractivity contribution in [1.82, 2.24) is 10.6 Å². The molecule has 0 aliphatic heterocycles. The molecular weight excluding hydrogens is 274 g/mol. The van der Waals surface area contributed by atoms with Gasteiger partial charge in [0.25, 0.3) is 0 Å². The zero-order valence-electron chi connectivity index (χ0n) is 12.2. The lowest BCUT2D eigenvalue weighted by Gasteiger charge is -2.13. The van der Waals surface area contributed by atoms with Gasteiger partial charge in [-0.25, -0.2) is 4.79 Å². The van der Waals surface area contributed by atoms with Gasteiger partial charge in [-0.3, -0.25) is 4.21 Å². The second-order valence-corrected chi connectivity index (χ2v) is 6.20. The molecule has 0 radical (unpaired) electrons. The van der Waals surface area contributed by atoms with Crippen molar-refractivity contribution in [2.45, 2.75) is 19.4 Å². The van der Waals surface area contributed by atoms with Crippen molar-refractivity contribution in [2.75, 3.05) is 30.9 Å². The Morgan fingerprint density at radius 2 is 2.15 bits per heavy atom. The number of carbonyl (C=O) groups is 1. The summed E-state index contributed by atoms with van der Waals surface area (Å²) in [5, 5.41) is 8.70. The van der Waals surface area contributed by atoms with Crippen LogP contribution in [-0.2, 0) is 10.8 Å². The van der Waals surface area contributed by atoms with Crippen molar-refractivity contribution in [1.29, 1.82) is 0 Å². The molecule has 1 rings (SSSR count). The van der Waals surface area contributed by atoms with Gasteiger partial charge in [-0.2, -0.15) is 0 Å². The summed E-state index contributed by atoms with van der Waals surface area (Å²) in [6.45, 7) is 2.59. The molecule has 0 aromatic heterocycles. The molecule has 3 N–H and O–H groups in total. The number of benzene rings is 1. The quantitative estimate of drug-likeness (QED) is 0.673. The van der Waals surface area contributed by atoms with E-state index in [9.17, 15) is 9.00 Å². The molecule has 2 unspecified atom stereocenters. The van der Waals surface area contributed by atoms with E-state index in [-0.39, 0.29) is 12.1 Å². The van der Waals surface area contributed by atoms with E-state index in [1.165, 1.54) is 0 Å². The average molecular weight is 297 g/mol. The van der Waals surface area contributed by atoms with E-state index >= 15 is 0 Å². The fourth-order valence-electron chi connectivity index (χ4n) is 1.71. The Morgan fingerprint density at radius 1 is 1.40 bits per heavy atom. The third-order valence-electron chi connectivity index (χ3n) is 2.97. The van der Waals surface area contributed by atoms with Gasteiger partial charge in [0.2, 0.25) is 0 Å². The number of nitrogens with one attached hydrogen (secondary N) is 3. The summed E-state index contributed by atoms with van der Waals surface area (Å²) >= 11 is 0. The number of anilines is 1. The number of urea groups is 1. The molecule has 20 heavy (non-hydrogen) atoms. The minimum atomic E-state index is -0.806. The maximum Gasteiger partial charge on any atom is 0.319 e. The molecule has 6 heteroatoms. The Morgan fingerprint density at radius 3 is 2.80 bits per heavy atom.